The third-order valence-corrected chi connectivity index (χ3v) is 2.51. The fourth-order valence-corrected chi connectivity index (χ4v) is 1.37. The Balaban J connectivity index is 0.000000162. The SMILES string of the molecule is CC1([c-]2cccc2)C=C1.[Fe+2].c1cc[cH-]c1. The van der Waals surface area contributed by atoms with Crippen molar-refractivity contribution in [2.45, 2.75) is 12.3 Å². The van der Waals surface area contributed by atoms with Gasteiger partial charge in [0.05, 0.1) is 0 Å². The molecule has 0 spiro atoms. The van der Waals surface area contributed by atoms with Crippen LogP contribution in [0.3, 0.4) is 0 Å². The molecule has 2 aromatic carbocycles. The molecule has 1 aliphatic carbocycles. The molecule has 0 bridgehead atoms. The second-order valence-corrected chi connectivity index (χ2v) is 3.75. The number of hydrogen-bond donors (Lipinski definition) is 0. The summed E-state index contributed by atoms with van der Waals surface area (Å²) in [7, 11) is 0. The van der Waals surface area contributed by atoms with Gasteiger partial charge in [-0.15, -0.1) is 5.56 Å². The van der Waals surface area contributed by atoms with Gasteiger partial charge in [0.25, 0.3) is 0 Å². The number of rotatable bonds is 1. The van der Waals surface area contributed by atoms with Crippen molar-refractivity contribution >= 4 is 0 Å². The molecule has 2 aromatic rings. The minimum absolute atomic E-state index is 0. The molecule has 1 heteroatoms. The zero-order chi connectivity index (χ0) is 9.86. The molecule has 0 aromatic heterocycles. The van der Waals surface area contributed by atoms with E-state index in [1.807, 2.05) is 30.3 Å². The molecule has 0 fully saturated rings. The fraction of sp³-hybridized carbons (Fsp3) is 0.143. The minimum Gasteiger partial charge on any atom is -0.214 e. The second kappa shape index (κ2) is 5.16. The normalized spacial score (nSPS) is 14.7. The van der Waals surface area contributed by atoms with Crippen LogP contribution < -0.4 is 0 Å². The van der Waals surface area contributed by atoms with Crippen LogP contribution in [0.4, 0.5) is 0 Å². The Labute approximate surface area is 102 Å². The van der Waals surface area contributed by atoms with E-state index < -0.39 is 0 Å². The Morgan fingerprint density at radius 2 is 1.47 bits per heavy atom. The molecule has 0 amide bonds. The molecule has 0 saturated heterocycles. The van der Waals surface area contributed by atoms with Crippen LogP contribution in [0.2, 0.25) is 0 Å². The summed E-state index contributed by atoms with van der Waals surface area (Å²) in [5.74, 6) is 0. The Morgan fingerprint density at radius 3 is 1.80 bits per heavy atom. The molecular formula is C14H14Fe. The summed E-state index contributed by atoms with van der Waals surface area (Å²) in [4.78, 5) is 0. The van der Waals surface area contributed by atoms with Crippen LogP contribution in [0, 0.1) is 0 Å². The van der Waals surface area contributed by atoms with Crippen molar-refractivity contribution in [3.63, 3.8) is 0 Å². The van der Waals surface area contributed by atoms with Crippen molar-refractivity contribution in [1.82, 2.24) is 0 Å². The van der Waals surface area contributed by atoms with Gasteiger partial charge in [-0.1, -0.05) is 19.1 Å². The molecule has 3 rings (SSSR count). The van der Waals surface area contributed by atoms with Crippen LogP contribution in [-0.2, 0) is 22.5 Å². The first-order valence-corrected chi connectivity index (χ1v) is 4.90. The van der Waals surface area contributed by atoms with Crippen molar-refractivity contribution in [3.8, 4) is 0 Å². The van der Waals surface area contributed by atoms with Crippen LogP contribution in [0.1, 0.15) is 12.5 Å². The Morgan fingerprint density at radius 1 is 0.933 bits per heavy atom. The van der Waals surface area contributed by atoms with E-state index in [1.54, 1.807) is 0 Å². The molecular weight excluding hydrogens is 224 g/mol. The topological polar surface area (TPSA) is 0 Å². The predicted molar refractivity (Wildman–Crippen MR) is 60.6 cm³/mol. The zero-order valence-electron chi connectivity index (χ0n) is 8.70. The summed E-state index contributed by atoms with van der Waals surface area (Å²) in [5, 5.41) is 0. The van der Waals surface area contributed by atoms with Gasteiger partial charge in [-0.3, -0.25) is 0 Å². The summed E-state index contributed by atoms with van der Waals surface area (Å²) in [6, 6.07) is 18.5. The van der Waals surface area contributed by atoms with E-state index in [0.717, 1.165) is 0 Å². The van der Waals surface area contributed by atoms with Gasteiger partial charge < -0.3 is 0 Å². The van der Waals surface area contributed by atoms with Crippen molar-refractivity contribution < 1.29 is 17.1 Å². The zero-order valence-corrected chi connectivity index (χ0v) is 9.81. The third kappa shape index (κ3) is 3.23. The van der Waals surface area contributed by atoms with E-state index in [2.05, 4.69) is 43.3 Å². The molecule has 0 N–H and O–H groups in total. The third-order valence-electron chi connectivity index (χ3n) is 2.51. The van der Waals surface area contributed by atoms with Crippen LogP contribution in [0.25, 0.3) is 0 Å². The quantitative estimate of drug-likeness (QED) is 0.404. The van der Waals surface area contributed by atoms with E-state index in [1.165, 1.54) is 5.56 Å². The van der Waals surface area contributed by atoms with E-state index in [-0.39, 0.29) is 17.1 Å². The molecule has 0 aliphatic heterocycles. The largest absolute Gasteiger partial charge is 2.00 e. The smallest absolute Gasteiger partial charge is 0.214 e. The first-order chi connectivity index (χ1) is 6.81. The maximum atomic E-state index is 2.22. The summed E-state index contributed by atoms with van der Waals surface area (Å²) in [5.41, 5.74) is 1.74. The summed E-state index contributed by atoms with van der Waals surface area (Å²) in [6.45, 7) is 2.22. The van der Waals surface area contributed by atoms with Crippen molar-refractivity contribution in [2.24, 2.45) is 0 Å². The first-order valence-electron chi connectivity index (χ1n) is 4.90. The predicted octanol–water partition coefficient (Wildman–Crippen LogP) is 3.64. The Kier molecular flexibility index (Phi) is 4.14. The van der Waals surface area contributed by atoms with Crippen molar-refractivity contribution in [1.29, 1.82) is 0 Å². The van der Waals surface area contributed by atoms with E-state index >= 15 is 0 Å². The monoisotopic (exact) mass is 238 g/mol. The standard InChI is InChI=1S/C9H9.C5H5.Fe/c1-9(6-7-9)8-4-2-3-5-8;1-2-4-5-3-1;/h2-7H,1H3;1-5H;/q2*-1;+2. The van der Waals surface area contributed by atoms with Gasteiger partial charge in [0, 0.05) is 0 Å². The van der Waals surface area contributed by atoms with Crippen molar-refractivity contribution in [3.05, 3.63) is 72.3 Å². The van der Waals surface area contributed by atoms with Crippen LogP contribution in [-0.4, -0.2) is 0 Å². The average molecular weight is 238 g/mol. The molecule has 0 heterocycles. The Hall–Kier alpha value is -1.04. The summed E-state index contributed by atoms with van der Waals surface area (Å²) in [6.07, 6.45) is 4.45. The number of allylic oxidation sites excluding steroid dienone is 2. The van der Waals surface area contributed by atoms with Gasteiger partial charge >= 0.3 is 17.1 Å². The van der Waals surface area contributed by atoms with Crippen LogP contribution in [0.15, 0.2) is 66.7 Å². The molecule has 0 nitrogen and oxygen atoms in total. The van der Waals surface area contributed by atoms with Gasteiger partial charge in [-0.25, -0.2) is 24.3 Å². The van der Waals surface area contributed by atoms with Gasteiger partial charge in [0.2, 0.25) is 0 Å². The van der Waals surface area contributed by atoms with E-state index in [0.29, 0.717) is 5.41 Å². The van der Waals surface area contributed by atoms with Crippen LogP contribution in [0.5, 0.6) is 0 Å². The number of hydrogen-bond acceptors (Lipinski definition) is 0. The molecule has 0 radical (unpaired) electrons. The summed E-state index contributed by atoms with van der Waals surface area (Å²) >= 11 is 0. The molecule has 15 heavy (non-hydrogen) atoms. The van der Waals surface area contributed by atoms with Gasteiger partial charge in [0.1, 0.15) is 0 Å². The Bertz CT molecular complexity index is 356. The van der Waals surface area contributed by atoms with Gasteiger partial charge in [-0.05, 0) is 5.41 Å². The van der Waals surface area contributed by atoms with Crippen molar-refractivity contribution in [2.75, 3.05) is 0 Å². The molecule has 0 saturated carbocycles. The van der Waals surface area contributed by atoms with Crippen LogP contribution >= 0.6 is 0 Å². The molecule has 78 valence electrons. The van der Waals surface area contributed by atoms with E-state index in [9.17, 15) is 0 Å². The molecule has 0 unspecified atom stereocenters. The minimum atomic E-state index is 0. The maximum Gasteiger partial charge on any atom is 2.00 e. The molecule has 1 aliphatic rings. The van der Waals surface area contributed by atoms with Gasteiger partial charge in [0.15, 0.2) is 0 Å². The van der Waals surface area contributed by atoms with Gasteiger partial charge in [-0.2, -0.15) is 30.3 Å². The summed E-state index contributed by atoms with van der Waals surface area (Å²) < 4.78 is 0. The second-order valence-electron chi connectivity index (χ2n) is 3.75. The fourth-order valence-electron chi connectivity index (χ4n) is 1.37. The maximum absolute atomic E-state index is 2.22. The first kappa shape index (κ1) is 12.0. The average Bonchev–Trinajstić information content (AvgIpc) is 2.81. The molecule has 0 atom stereocenters. The van der Waals surface area contributed by atoms with E-state index in [4.69, 9.17) is 0 Å².